The lowest BCUT2D eigenvalue weighted by molar-refractivity contribution is 0.0599. The van der Waals surface area contributed by atoms with Crippen molar-refractivity contribution in [2.75, 3.05) is 13.7 Å². The molecule has 0 saturated heterocycles. The molecule has 0 aliphatic rings. The Hall–Kier alpha value is -1.35. The van der Waals surface area contributed by atoms with Crippen LogP contribution in [-0.2, 0) is 11.3 Å². The number of unbranched alkanes of at least 4 members (excludes halogenated alkanes) is 2. The standard InChI is InChI=1S/C14H21NO2/c1-3-4-7-10-15-11-12-8-5-6-9-13(12)14(16)17-2/h5-6,8-9,15H,3-4,7,10-11H2,1-2H3. The topological polar surface area (TPSA) is 38.3 Å². The second-order valence-corrected chi connectivity index (χ2v) is 4.03. The summed E-state index contributed by atoms with van der Waals surface area (Å²) in [5, 5.41) is 3.35. The maximum Gasteiger partial charge on any atom is 0.338 e. The minimum Gasteiger partial charge on any atom is -0.465 e. The molecule has 1 rings (SSSR count). The summed E-state index contributed by atoms with van der Waals surface area (Å²) < 4.78 is 4.76. The molecule has 17 heavy (non-hydrogen) atoms. The van der Waals surface area contributed by atoms with E-state index in [4.69, 9.17) is 4.74 Å². The molecule has 0 radical (unpaired) electrons. The lowest BCUT2D eigenvalue weighted by atomic mass is 10.1. The van der Waals surface area contributed by atoms with Gasteiger partial charge in [-0.1, -0.05) is 38.0 Å². The second-order valence-electron chi connectivity index (χ2n) is 4.03. The van der Waals surface area contributed by atoms with Crippen LogP contribution < -0.4 is 5.32 Å². The lowest BCUT2D eigenvalue weighted by Gasteiger charge is -2.08. The normalized spacial score (nSPS) is 10.2. The Morgan fingerprint density at radius 1 is 1.29 bits per heavy atom. The number of benzene rings is 1. The Balaban J connectivity index is 2.49. The van der Waals surface area contributed by atoms with Gasteiger partial charge < -0.3 is 10.1 Å². The molecule has 0 aromatic heterocycles. The third-order valence-electron chi connectivity index (χ3n) is 2.70. The zero-order valence-corrected chi connectivity index (χ0v) is 10.7. The van der Waals surface area contributed by atoms with Crippen LogP contribution in [0.4, 0.5) is 0 Å². The Morgan fingerprint density at radius 2 is 2.06 bits per heavy atom. The van der Waals surface area contributed by atoms with Crippen molar-refractivity contribution in [3.8, 4) is 0 Å². The molecule has 0 amide bonds. The van der Waals surface area contributed by atoms with Gasteiger partial charge in [0.25, 0.3) is 0 Å². The molecule has 1 aromatic carbocycles. The molecule has 0 spiro atoms. The van der Waals surface area contributed by atoms with Crippen LogP contribution in [0.3, 0.4) is 0 Å². The molecule has 1 N–H and O–H groups in total. The average molecular weight is 235 g/mol. The molecule has 0 unspecified atom stereocenters. The predicted molar refractivity (Wildman–Crippen MR) is 69.0 cm³/mol. The smallest absolute Gasteiger partial charge is 0.338 e. The fourth-order valence-electron chi connectivity index (χ4n) is 1.71. The Morgan fingerprint density at radius 3 is 2.76 bits per heavy atom. The Labute approximate surface area is 103 Å². The van der Waals surface area contributed by atoms with Crippen LogP contribution in [-0.4, -0.2) is 19.6 Å². The highest BCUT2D eigenvalue weighted by Crippen LogP contribution is 2.09. The maximum absolute atomic E-state index is 11.5. The van der Waals surface area contributed by atoms with Crippen LogP contribution in [0.25, 0.3) is 0 Å². The van der Waals surface area contributed by atoms with Crippen LogP contribution >= 0.6 is 0 Å². The number of ether oxygens (including phenoxy) is 1. The van der Waals surface area contributed by atoms with E-state index in [2.05, 4.69) is 12.2 Å². The van der Waals surface area contributed by atoms with E-state index < -0.39 is 0 Å². The van der Waals surface area contributed by atoms with Gasteiger partial charge in [0.2, 0.25) is 0 Å². The highest BCUT2D eigenvalue weighted by Gasteiger charge is 2.09. The molecule has 0 atom stereocenters. The van der Waals surface area contributed by atoms with Gasteiger partial charge in [-0.25, -0.2) is 4.79 Å². The summed E-state index contributed by atoms with van der Waals surface area (Å²) >= 11 is 0. The minimum atomic E-state index is -0.268. The van der Waals surface area contributed by atoms with E-state index in [1.807, 2.05) is 18.2 Å². The molecule has 3 nitrogen and oxygen atoms in total. The van der Waals surface area contributed by atoms with Gasteiger partial charge in [0.15, 0.2) is 0 Å². The fraction of sp³-hybridized carbons (Fsp3) is 0.500. The monoisotopic (exact) mass is 235 g/mol. The van der Waals surface area contributed by atoms with Gasteiger partial charge in [0, 0.05) is 6.54 Å². The first-order valence-corrected chi connectivity index (χ1v) is 6.16. The highest BCUT2D eigenvalue weighted by atomic mass is 16.5. The van der Waals surface area contributed by atoms with E-state index in [1.165, 1.54) is 26.4 Å². The van der Waals surface area contributed by atoms with Crippen molar-refractivity contribution in [3.63, 3.8) is 0 Å². The number of esters is 1. The quantitative estimate of drug-likeness (QED) is 0.583. The molecule has 94 valence electrons. The van der Waals surface area contributed by atoms with E-state index in [-0.39, 0.29) is 5.97 Å². The van der Waals surface area contributed by atoms with E-state index in [0.29, 0.717) is 5.56 Å². The van der Waals surface area contributed by atoms with Gasteiger partial charge in [-0.15, -0.1) is 0 Å². The summed E-state index contributed by atoms with van der Waals surface area (Å²) in [5.74, 6) is -0.268. The number of nitrogens with one attached hydrogen (secondary N) is 1. The van der Waals surface area contributed by atoms with Gasteiger partial charge in [0.1, 0.15) is 0 Å². The first kappa shape index (κ1) is 13.7. The molecule has 0 fully saturated rings. The summed E-state index contributed by atoms with van der Waals surface area (Å²) in [6.45, 7) is 3.89. The van der Waals surface area contributed by atoms with Crippen LogP contribution in [0.1, 0.15) is 42.1 Å². The molecular formula is C14H21NO2. The van der Waals surface area contributed by atoms with E-state index in [9.17, 15) is 4.79 Å². The van der Waals surface area contributed by atoms with Crippen molar-refractivity contribution < 1.29 is 9.53 Å². The SMILES string of the molecule is CCCCCNCc1ccccc1C(=O)OC. The number of hydrogen-bond donors (Lipinski definition) is 1. The highest BCUT2D eigenvalue weighted by molar-refractivity contribution is 5.90. The van der Waals surface area contributed by atoms with Crippen LogP contribution in [0, 0.1) is 0 Å². The van der Waals surface area contributed by atoms with Gasteiger partial charge in [-0.3, -0.25) is 0 Å². The first-order chi connectivity index (χ1) is 8.29. The van der Waals surface area contributed by atoms with Gasteiger partial charge in [-0.05, 0) is 24.6 Å². The van der Waals surface area contributed by atoms with Crippen molar-refractivity contribution in [2.45, 2.75) is 32.7 Å². The molecule has 1 aromatic rings. The van der Waals surface area contributed by atoms with Crippen molar-refractivity contribution in [1.82, 2.24) is 5.32 Å². The zero-order valence-electron chi connectivity index (χ0n) is 10.7. The Bertz CT molecular complexity index is 350. The van der Waals surface area contributed by atoms with E-state index in [0.717, 1.165) is 18.7 Å². The number of rotatable bonds is 7. The van der Waals surface area contributed by atoms with Crippen LogP contribution in [0.2, 0.25) is 0 Å². The summed E-state index contributed by atoms with van der Waals surface area (Å²) in [5.41, 5.74) is 1.65. The molecule has 0 saturated carbocycles. The predicted octanol–water partition coefficient (Wildman–Crippen LogP) is 2.75. The van der Waals surface area contributed by atoms with E-state index in [1.54, 1.807) is 6.07 Å². The molecule has 0 bridgehead atoms. The fourth-order valence-corrected chi connectivity index (χ4v) is 1.71. The van der Waals surface area contributed by atoms with Crippen molar-refractivity contribution >= 4 is 5.97 Å². The van der Waals surface area contributed by atoms with Crippen LogP contribution in [0.15, 0.2) is 24.3 Å². The Kier molecular flexibility index (Phi) is 6.33. The van der Waals surface area contributed by atoms with Crippen LogP contribution in [0.5, 0.6) is 0 Å². The van der Waals surface area contributed by atoms with E-state index >= 15 is 0 Å². The molecule has 0 aliphatic carbocycles. The molecule has 3 heteroatoms. The maximum atomic E-state index is 11.5. The third kappa shape index (κ3) is 4.57. The molecular weight excluding hydrogens is 214 g/mol. The summed E-state index contributed by atoms with van der Waals surface area (Å²) in [6.07, 6.45) is 3.64. The third-order valence-corrected chi connectivity index (χ3v) is 2.70. The summed E-state index contributed by atoms with van der Waals surface area (Å²) in [4.78, 5) is 11.5. The number of methoxy groups -OCH3 is 1. The molecule has 0 aliphatic heterocycles. The average Bonchev–Trinajstić information content (AvgIpc) is 2.38. The number of hydrogen-bond acceptors (Lipinski definition) is 3. The van der Waals surface area contributed by atoms with Crippen molar-refractivity contribution in [1.29, 1.82) is 0 Å². The second kappa shape index (κ2) is 7.85. The summed E-state index contributed by atoms with van der Waals surface area (Å²) in [7, 11) is 1.41. The van der Waals surface area contributed by atoms with Crippen molar-refractivity contribution in [2.24, 2.45) is 0 Å². The summed E-state index contributed by atoms with van der Waals surface area (Å²) in [6, 6.07) is 7.55. The number of carbonyl (C=O) groups excluding carboxylic acids is 1. The van der Waals surface area contributed by atoms with Gasteiger partial charge in [0.05, 0.1) is 12.7 Å². The zero-order chi connectivity index (χ0) is 12.5. The first-order valence-electron chi connectivity index (χ1n) is 6.16. The van der Waals surface area contributed by atoms with Gasteiger partial charge in [-0.2, -0.15) is 0 Å². The minimum absolute atomic E-state index is 0.268. The van der Waals surface area contributed by atoms with Crippen molar-refractivity contribution in [3.05, 3.63) is 35.4 Å². The molecule has 0 heterocycles. The van der Waals surface area contributed by atoms with Gasteiger partial charge >= 0.3 is 5.97 Å². The largest absolute Gasteiger partial charge is 0.465 e. The number of carbonyl (C=O) groups is 1. The lowest BCUT2D eigenvalue weighted by Crippen LogP contribution is -2.17.